The highest BCUT2D eigenvalue weighted by Crippen LogP contribution is 2.34. The van der Waals surface area contributed by atoms with Crippen LogP contribution in [-0.4, -0.2) is 31.4 Å². The van der Waals surface area contributed by atoms with Crippen LogP contribution >= 0.6 is 0 Å². The largest absolute Gasteiger partial charge is 0.466 e. The molecule has 0 aromatic heterocycles. The van der Waals surface area contributed by atoms with E-state index < -0.39 is 0 Å². The van der Waals surface area contributed by atoms with Gasteiger partial charge in [-0.1, -0.05) is 181 Å². The highest BCUT2D eigenvalue weighted by Gasteiger charge is 2.27. The van der Waals surface area contributed by atoms with Crippen molar-refractivity contribution in [2.75, 3.05) is 13.2 Å². The number of esters is 2. The fraction of sp³-hybridized carbons (Fsp3) is 0.816. The number of ether oxygens (including phenoxy) is 2. The van der Waals surface area contributed by atoms with Crippen molar-refractivity contribution in [1.82, 2.24) is 0 Å². The van der Waals surface area contributed by atoms with E-state index in [1.807, 2.05) is 6.92 Å². The van der Waals surface area contributed by atoms with Gasteiger partial charge < -0.3 is 14.3 Å². The van der Waals surface area contributed by atoms with Crippen molar-refractivity contribution in [1.29, 1.82) is 0 Å². The molecule has 54 heavy (non-hydrogen) atoms. The molecule has 0 N–H and O–H groups in total. The molecule has 0 aliphatic heterocycles. The van der Waals surface area contributed by atoms with Gasteiger partial charge in [-0.15, -0.1) is 0 Å². The minimum atomic E-state index is -0.0524. The Hall–Kier alpha value is -2.17. The maximum atomic E-state index is 12.1. The number of unbranched alkanes of at least 4 members (excludes halogenated alkanes) is 9. The average Bonchev–Trinajstić information content (AvgIpc) is 3.21. The smallest absolute Gasteiger partial charge is 0.305 e. The number of rotatable bonds is 26. The van der Waals surface area contributed by atoms with Crippen LogP contribution < -0.4 is 0 Å². The third kappa shape index (κ3) is 25.1. The number of benzene rings is 1. The Bertz CT molecular complexity index is 995. The summed E-state index contributed by atoms with van der Waals surface area (Å²) in [6, 6.07) is 9.32. The Labute approximate surface area is 334 Å². The van der Waals surface area contributed by atoms with E-state index in [0.717, 1.165) is 88.8 Å². The molecule has 312 valence electrons. The van der Waals surface area contributed by atoms with Crippen molar-refractivity contribution in [2.24, 2.45) is 17.3 Å². The van der Waals surface area contributed by atoms with Crippen LogP contribution in [0.25, 0.3) is 0 Å². The molecule has 2 fully saturated rings. The molecule has 5 heteroatoms. The first-order chi connectivity index (χ1) is 26.4. The fourth-order valence-electron chi connectivity index (χ4n) is 8.13. The van der Waals surface area contributed by atoms with E-state index in [0.29, 0.717) is 32.5 Å². The van der Waals surface area contributed by atoms with Crippen LogP contribution in [0.15, 0.2) is 24.3 Å². The quantitative estimate of drug-likeness (QED) is 0.0535. The minimum absolute atomic E-state index is 0.0422. The van der Waals surface area contributed by atoms with Crippen LogP contribution in [0.4, 0.5) is 0 Å². The summed E-state index contributed by atoms with van der Waals surface area (Å²) in [4.78, 5) is 32.9. The highest BCUT2D eigenvalue weighted by molar-refractivity contribution is 5.69. The summed E-state index contributed by atoms with van der Waals surface area (Å²) in [5, 5.41) is 0. The third-order valence-corrected chi connectivity index (χ3v) is 12.1. The van der Waals surface area contributed by atoms with E-state index in [9.17, 15) is 14.4 Å². The summed E-state index contributed by atoms with van der Waals surface area (Å²) in [6.45, 7) is 11.8. The first kappa shape index (κ1) is 49.8. The fourth-order valence-corrected chi connectivity index (χ4v) is 8.13. The van der Waals surface area contributed by atoms with Crippen molar-refractivity contribution in [3.63, 3.8) is 0 Å². The zero-order chi connectivity index (χ0) is 39.5. The summed E-state index contributed by atoms with van der Waals surface area (Å²) in [7, 11) is 0. The number of hydrogen-bond donors (Lipinski definition) is 0. The predicted octanol–water partition coefficient (Wildman–Crippen LogP) is 14.3. The van der Waals surface area contributed by atoms with Gasteiger partial charge in [-0.2, -0.15) is 0 Å². The molecule has 3 rings (SSSR count). The van der Waals surface area contributed by atoms with E-state index >= 15 is 0 Å². The Balaban J connectivity index is 0.000000517. The van der Waals surface area contributed by atoms with Gasteiger partial charge in [0.1, 0.15) is 6.29 Å². The van der Waals surface area contributed by atoms with Crippen molar-refractivity contribution >= 4 is 18.2 Å². The van der Waals surface area contributed by atoms with Gasteiger partial charge in [0.15, 0.2) is 0 Å². The Morgan fingerprint density at radius 1 is 0.611 bits per heavy atom. The molecule has 1 aromatic carbocycles. The predicted molar refractivity (Wildman–Crippen MR) is 229 cm³/mol. The molecular weight excluding hydrogens is 669 g/mol. The molecule has 0 spiro atoms. The van der Waals surface area contributed by atoms with E-state index in [-0.39, 0.29) is 17.4 Å². The molecular formula is C49H86O5. The summed E-state index contributed by atoms with van der Waals surface area (Å²) in [6.07, 6.45) is 36.4. The average molecular weight is 755 g/mol. The second kappa shape index (κ2) is 34.1. The molecule has 2 aliphatic carbocycles. The molecule has 0 heterocycles. The summed E-state index contributed by atoms with van der Waals surface area (Å²) in [5.74, 6) is 1.84. The molecule has 5 nitrogen and oxygen atoms in total. The maximum Gasteiger partial charge on any atom is 0.305 e. The van der Waals surface area contributed by atoms with Crippen LogP contribution in [-0.2, 0) is 36.7 Å². The van der Waals surface area contributed by atoms with Crippen LogP contribution in [0.5, 0.6) is 0 Å². The first-order valence-corrected chi connectivity index (χ1v) is 23.2. The number of carbonyl (C=O) groups is 3. The number of hydrogen-bond acceptors (Lipinski definition) is 5. The zero-order valence-corrected chi connectivity index (χ0v) is 36.2. The molecule has 0 unspecified atom stereocenters. The molecule has 0 amide bonds. The second-order valence-corrected chi connectivity index (χ2v) is 16.6. The third-order valence-electron chi connectivity index (χ3n) is 12.1. The topological polar surface area (TPSA) is 69.7 Å². The van der Waals surface area contributed by atoms with Gasteiger partial charge in [0.2, 0.25) is 0 Å². The van der Waals surface area contributed by atoms with Gasteiger partial charge in [-0.3, -0.25) is 9.59 Å². The molecule has 0 bridgehead atoms. The lowest BCUT2D eigenvalue weighted by Gasteiger charge is -2.31. The SMILES string of the molecule is CCC=O.CCCCCCOC(=O)CCCCCCCCC(=O)OCC(CC)(CC)CCCC.c1ccc(CC2CCCCC2)c(CC2CCCCC2)c1. The van der Waals surface area contributed by atoms with Gasteiger partial charge in [0.05, 0.1) is 13.2 Å². The van der Waals surface area contributed by atoms with Gasteiger partial charge in [-0.05, 0) is 74.3 Å². The monoisotopic (exact) mass is 755 g/mol. The van der Waals surface area contributed by atoms with Crippen LogP contribution in [0, 0.1) is 17.3 Å². The van der Waals surface area contributed by atoms with Crippen molar-refractivity contribution in [3.05, 3.63) is 35.4 Å². The van der Waals surface area contributed by atoms with Gasteiger partial charge in [0.25, 0.3) is 0 Å². The summed E-state index contributed by atoms with van der Waals surface area (Å²) < 4.78 is 10.9. The maximum absolute atomic E-state index is 12.1. The van der Waals surface area contributed by atoms with E-state index in [1.165, 1.54) is 103 Å². The first-order valence-electron chi connectivity index (χ1n) is 23.2. The van der Waals surface area contributed by atoms with Crippen LogP contribution in [0.2, 0.25) is 0 Å². The Morgan fingerprint density at radius 3 is 1.50 bits per heavy atom. The molecule has 0 saturated heterocycles. The lowest BCUT2D eigenvalue weighted by molar-refractivity contribution is -0.148. The molecule has 2 aliphatic rings. The van der Waals surface area contributed by atoms with Crippen LogP contribution in [0.1, 0.15) is 226 Å². The van der Waals surface area contributed by atoms with Crippen molar-refractivity contribution in [3.8, 4) is 0 Å². The lowest BCUT2D eigenvalue weighted by Crippen LogP contribution is -2.27. The second-order valence-electron chi connectivity index (χ2n) is 16.6. The van der Waals surface area contributed by atoms with Crippen molar-refractivity contribution < 1.29 is 23.9 Å². The Kier molecular flexibility index (Phi) is 31.5. The molecule has 0 radical (unpaired) electrons. The standard InChI is InChI=1S/C26H50O4.C20H30.C3H6O/c1-5-9-11-18-22-29-24(27)19-16-14-12-13-15-17-20-25(28)30-23-26(7-3,8-4)21-10-6-2;1-3-9-17(10-4-1)15-19-13-7-8-14-20(19)16-18-11-5-2-6-12-18;1-2-3-4/h5-23H2,1-4H3;7-8,13-14,17-18H,1-6,9-12,15-16H2;3H,2H2,1H3. The van der Waals surface area contributed by atoms with Crippen molar-refractivity contribution in [2.45, 2.75) is 227 Å². The molecule has 1 aromatic rings. The Morgan fingerprint density at radius 2 is 1.06 bits per heavy atom. The summed E-state index contributed by atoms with van der Waals surface area (Å²) in [5.41, 5.74) is 3.51. The minimum Gasteiger partial charge on any atom is -0.466 e. The lowest BCUT2D eigenvalue weighted by atomic mass is 9.78. The van der Waals surface area contributed by atoms with Gasteiger partial charge in [-0.25, -0.2) is 0 Å². The van der Waals surface area contributed by atoms with E-state index in [4.69, 9.17) is 9.47 Å². The van der Waals surface area contributed by atoms with Gasteiger partial charge in [0, 0.05) is 24.7 Å². The van der Waals surface area contributed by atoms with Crippen LogP contribution in [0.3, 0.4) is 0 Å². The van der Waals surface area contributed by atoms with E-state index in [2.05, 4.69) is 52.0 Å². The number of carbonyl (C=O) groups excluding carboxylic acids is 3. The van der Waals surface area contributed by atoms with Gasteiger partial charge >= 0.3 is 11.9 Å². The highest BCUT2D eigenvalue weighted by atomic mass is 16.5. The molecule has 0 atom stereocenters. The normalized spacial score (nSPS) is 15.0. The molecule has 2 saturated carbocycles. The zero-order valence-electron chi connectivity index (χ0n) is 36.2. The summed E-state index contributed by atoms with van der Waals surface area (Å²) >= 11 is 0. The van der Waals surface area contributed by atoms with E-state index in [1.54, 1.807) is 11.1 Å². The number of aldehydes is 1.